The Kier molecular flexibility index (Phi) is 5.76. The Labute approximate surface area is 172 Å². The van der Waals surface area contributed by atoms with Crippen molar-refractivity contribution in [1.82, 2.24) is 9.78 Å². The van der Waals surface area contributed by atoms with E-state index in [1.807, 2.05) is 0 Å². The minimum Gasteiger partial charge on any atom is -0.304 e. The second kappa shape index (κ2) is 8.07. The molecule has 3 aromatic rings. The van der Waals surface area contributed by atoms with Crippen molar-refractivity contribution in [2.45, 2.75) is 13.5 Å². The molecule has 0 unspecified atom stereocenters. The van der Waals surface area contributed by atoms with E-state index >= 15 is 0 Å². The van der Waals surface area contributed by atoms with Crippen molar-refractivity contribution in [3.63, 3.8) is 0 Å². The van der Waals surface area contributed by atoms with E-state index < -0.39 is 16.6 Å². The Balaban J connectivity index is 1.81. The number of nitro benzene ring substituents is 1. The van der Waals surface area contributed by atoms with Gasteiger partial charge in [-0.1, -0.05) is 23.7 Å². The number of hydrogen-bond acceptors (Lipinski definition) is 4. The Morgan fingerprint density at radius 3 is 2.82 bits per heavy atom. The fraction of sp³-hybridized carbons (Fsp3) is 0.111. The highest BCUT2D eigenvalue weighted by Gasteiger charge is 2.18. The van der Waals surface area contributed by atoms with Gasteiger partial charge >= 0.3 is 0 Å². The molecule has 0 saturated carbocycles. The van der Waals surface area contributed by atoms with Crippen LogP contribution in [0, 0.1) is 22.9 Å². The van der Waals surface area contributed by atoms with Gasteiger partial charge in [-0.2, -0.15) is 5.10 Å². The van der Waals surface area contributed by atoms with Gasteiger partial charge in [0, 0.05) is 34.0 Å². The first-order chi connectivity index (χ1) is 13.3. The summed E-state index contributed by atoms with van der Waals surface area (Å²) in [7, 11) is 0. The number of anilines is 1. The van der Waals surface area contributed by atoms with Crippen LogP contribution in [0.4, 0.5) is 15.9 Å². The smallest absolute Gasteiger partial charge is 0.273 e. The first-order valence-corrected chi connectivity index (χ1v) is 9.15. The summed E-state index contributed by atoms with van der Waals surface area (Å²) in [6, 6.07) is 8.57. The van der Waals surface area contributed by atoms with E-state index in [-0.39, 0.29) is 34.2 Å². The van der Waals surface area contributed by atoms with Crippen molar-refractivity contribution in [3.8, 4) is 0 Å². The Hall–Kier alpha value is -2.78. The number of carbonyl (C=O) groups is 1. The number of halogens is 3. The highest BCUT2D eigenvalue weighted by atomic mass is 79.9. The van der Waals surface area contributed by atoms with Crippen molar-refractivity contribution in [2.24, 2.45) is 0 Å². The second-order valence-electron chi connectivity index (χ2n) is 5.94. The number of carbonyl (C=O) groups excluding carboxylic acids is 1. The van der Waals surface area contributed by atoms with Crippen molar-refractivity contribution in [1.29, 1.82) is 0 Å². The minimum atomic E-state index is -0.557. The Morgan fingerprint density at radius 2 is 2.14 bits per heavy atom. The molecule has 1 heterocycles. The molecule has 0 atom stereocenters. The maximum Gasteiger partial charge on any atom is 0.273 e. The standard InChI is InChI=1S/C18H13BrClFN4O3/c1-10-5-6-11(7-16(10)25(27)28)18(26)22-17-13(19)9-24(23-17)8-12-14(20)3-2-4-15(12)21/h2-7,9H,8H2,1H3,(H,22,23,26). The molecule has 7 nitrogen and oxygen atoms in total. The van der Waals surface area contributed by atoms with E-state index in [1.54, 1.807) is 19.2 Å². The molecule has 0 spiro atoms. The molecule has 2 aromatic carbocycles. The molecule has 0 saturated heterocycles. The van der Waals surface area contributed by atoms with Crippen LogP contribution >= 0.6 is 27.5 Å². The molecule has 0 bridgehead atoms. The van der Waals surface area contributed by atoms with E-state index in [2.05, 4.69) is 26.3 Å². The van der Waals surface area contributed by atoms with Crippen molar-refractivity contribution in [2.75, 3.05) is 5.32 Å². The number of hydrogen-bond donors (Lipinski definition) is 1. The summed E-state index contributed by atoms with van der Waals surface area (Å²) in [6.45, 7) is 1.65. The van der Waals surface area contributed by atoms with Gasteiger partial charge in [-0.25, -0.2) is 4.39 Å². The van der Waals surface area contributed by atoms with Crippen LogP contribution < -0.4 is 5.32 Å². The van der Waals surface area contributed by atoms with E-state index in [9.17, 15) is 19.3 Å². The molecule has 0 aliphatic heterocycles. The molecule has 1 aromatic heterocycles. The molecule has 0 aliphatic carbocycles. The zero-order valence-electron chi connectivity index (χ0n) is 14.4. The van der Waals surface area contributed by atoms with Crippen LogP contribution in [-0.4, -0.2) is 20.6 Å². The van der Waals surface area contributed by atoms with Crippen molar-refractivity contribution < 1.29 is 14.1 Å². The van der Waals surface area contributed by atoms with Gasteiger partial charge in [-0.3, -0.25) is 19.6 Å². The van der Waals surface area contributed by atoms with Crippen LogP contribution in [-0.2, 0) is 6.54 Å². The number of nitrogens with one attached hydrogen (secondary N) is 1. The fourth-order valence-corrected chi connectivity index (χ4v) is 3.17. The summed E-state index contributed by atoms with van der Waals surface area (Å²) in [6.07, 6.45) is 1.57. The van der Waals surface area contributed by atoms with Gasteiger partial charge in [0.05, 0.1) is 15.9 Å². The molecule has 10 heteroatoms. The topological polar surface area (TPSA) is 90.1 Å². The summed E-state index contributed by atoms with van der Waals surface area (Å²) in [5.74, 6) is -0.824. The zero-order valence-corrected chi connectivity index (χ0v) is 16.8. The van der Waals surface area contributed by atoms with Gasteiger partial charge in [-0.15, -0.1) is 0 Å². The summed E-state index contributed by atoms with van der Waals surface area (Å²) < 4.78 is 15.8. The molecule has 1 amide bonds. The summed E-state index contributed by atoms with van der Waals surface area (Å²) in [4.78, 5) is 22.9. The van der Waals surface area contributed by atoms with E-state index in [0.29, 0.717) is 10.0 Å². The number of aromatic nitrogens is 2. The molecule has 3 rings (SSSR count). The number of amides is 1. The maximum atomic E-state index is 13.9. The SMILES string of the molecule is Cc1ccc(C(=O)Nc2nn(Cc3c(F)cccc3Cl)cc2Br)cc1[N+](=O)[O-]. The predicted octanol–water partition coefficient (Wildman–Crippen LogP) is 4.96. The van der Waals surface area contributed by atoms with Gasteiger partial charge in [-0.05, 0) is 41.1 Å². The van der Waals surface area contributed by atoms with Gasteiger partial charge < -0.3 is 5.32 Å². The molecular formula is C18H13BrClFN4O3. The maximum absolute atomic E-state index is 13.9. The Bertz CT molecular complexity index is 1070. The monoisotopic (exact) mass is 466 g/mol. The third-order valence-electron chi connectivity index (χ3n) is 4.00. The zero-order chi connectivity index (χ0) is 20.4. The average Bonchev–Trinajstić information content (AvgIpc) is 2.97. The van der Waals surface area contributed by atoms with Gasteiger partial charge in [0.15, 0.2) is 5.82 Å². The van der Waals surface area contributed by atoms with Crippen molar-refractivity contribution >= 4 is 44.9 Å². The lowest BCUT2D eigenvalue weighted by Crippen LogP contribution is -2.14. The molecule has 1 N–H and O–H groups in total. The van der Waals surface area contributed by atoms with E-state index in [0.717, 1.165) is 0 Å². The van der Waals surface area contributed by atoms with Gasteiger partial charge in [0.1, 0.15) is 5.82 Å². The number of nitro groups is 1. The third-order valence-corrected chi connectivity index (χ3v) is 4.93. The summed E-state index contributed by atoms with van der Waals surface area (Å²) >= 11 is 9.31. The normalized spacial score (nSPS) is 10.7. The summed E-state index contributed by atoms with van der Waals surface area (Å²) in [5.41, 5.74) is 0.697. The average molecular weight is 468 g/mol. The molecule has 0 aliphatic rings. The molecule has 144 valence electrons. The van der Waals surface area contributed by atoms with Crippen LogP contribution in [0.1, 0.15) is 21.5 Å². The highest BCUT2D eigenvalue weighted by Crippen LogP contribution is 2.25. The van der Waals surface area contributed by atoms with Gasteiger partial charge in [0.2, 0.25) is 0 Å². The quantitative estimate of drug-likeness (QED) is 0.424. The largest absolute Gasteiger partial charge is 0.304 e. The fourth-order valence-electron chi connectivity index (χ4n) is 2.54. The first kappa shape index (κ1) is 20.0. The molecule has 0 fully saturated rings. The van der Waals surface area contributed by atoms with Crippen LogP contribution in [0.15, 0.2) is 47.1 Å². The molecule has 28 heavy (non-hydrogen) atoms. The van der Waals surface area contributed by atoms with Crippen molar-refractivity contribution in [3.05, 3.63) is 84.7 Å². The van der Waals surface area contributed by atoms with E-state index in [1.165, 1.54) is 35.0 Å². The summed E-state index contributed by atoms with van der Waals surface area (Å²) in [5, 5.41) is 18.1. The Morgan fingerprint density at radius 1 is 1.39 bits per heavy atom. The number of aryl methyl sites for hydroxylation is 1. The molecular weight excluding hydrogens is 455 g/mol. The lowest BCUT2D eigenvalue weighted by Gasteiger charge is -2.06. The lowest BCUT2D eigenvalue weighted by atomic mass is 10.1. The van der Waals surface area contributed by atoms with Crippen LogP contribution in [0.25, 0.3) is 0 Å². The lowest BCUT2D eigenvalue weighted by molar-refractivity contribution is -0.385. The highest BCUT2D eigenvalue weighted by molar-refractivity contribution is 9.10. The third kappa shape index (κ3) is 4.20. The molecule has 0 radical (unpaired) electrons. The van der Waals surface area contributed by atoms with Crippen LogP contribution in [0.2, 0.25) is 5.02 Å². The van der Waals surface area contributed by atoms with Gasteiger partial charge in [0.25, 0.3) is 11.6 Å². The number of benzene rings is 2. The van der Waals surface area contributed by atoms with E-state index in [4.69, 9.17) is 11.6 Å². The predicted molar refractivity (Wildman–Crippen MR) is 106 cm³/mol. The van der Waals surface area contributed by atoms with Crippen LogP contribution in [0.3, 0.4) is 0 Å². The second-order valence-corrected chi connectivity index (χ2v) is 7.20. The first-order valence-electron chi connectivity index (χ1n) is 7.98. The van der Waals surface area contributed by atoms with Crippen LogP contribution in [0.5, 0.6) is 0 Å². The minimum absolute atomic E-state index is 0.0655. The number of rotatable bonds is 5. The number of nitrogens with zero attached hydrogens (tertiary/aromatic N) is 3.